The van der Waals surface area contributed by atoms with Crippen LogP contribution in [0.3, 0.4) is 0 Å². The van der Waals surface area contributed by atoms with Crippen LogP contribution in [0.25, 0.3) is 11.1 Å². The van der Waals surface area contributed by atoms with Crippen LogP contribution in [-0.2, 0) is 12.0 Å². The Morgan fingerprint density at radius 3 is 2.38 bits per heavy atom. The van der Waals surface area contributed by atoms with Gasteiger partial charge in [-0.3, -0.25) is 9.48 Å². The molecule has 1 saturated carbocycles. The molecule has 0 atom stereocenters. The van der Waals surface area contributed by atoms with Crippen molar-refractivity contribution in [3.63, 3.8) is 0 Å². The van der Waals surface area contributed by atoms with Gasteiger partial charge in [0.05, 0.1) is 29.3 Å². The van der Waals surface area contributed by atoms with E-state index in [-0.39, 0.29) is 12.5 Å². The van der Waals surface area contributed by atoms with Gasteiger partial charge in [0.1, 0.15) is 5.84 Å². The van der Waals surface area contributed by atoms with E-state index in [2.05, 4.69) is 20.1 Å². The molecule has 2 aromatic heterocycles. The highest BCUT2D eigenvalue weighted by molar-refractivity contribution is 6.06. The molecule has 9 heteroatoms. The molecule has 0 saturated heterocycles. The molecule has 4 rings (SSSR count). The maximum absolute atomic E-state index is 12.7. The minimum Gasteiger partial charge on any atom is -0.389 e. The van der Waals surface area contributed by atoms with Gasteiger partial charge >= 0.3 is 0 Å². The topological polar surface area (TPSA) is 145 Å². The second-order valence-corrected chi connectivity index (χ2v) is 8.88. The van der Waals surface area contributed by atoms with Crippen molar-refractivity contribution in [2.75, 3.05) is 5.73 Å². The average Bonchev–Trinajstić information content (AvgIpc) is 3.15. The van der Waals surface area contributed by atoms with E-state index in [1.807, 2.05) is 24.3 Å². The van der Waals surface area contributed by atoms with Crippen LogP contribution in [0.1, 0.15) is 49.0 Å². The van der Waals surface area contributed by atoms with Gasteiger partial charge in [-0.2, -0.15) is 10.1 Å². The molecule has 1 amide bonds. The number of anilines is 1. The van der Waals surface area contributed by atoms with E-state index >= 15 is 0 Å². The van der Waals surface area contributed by atoms with Gasteiger partial charge in [-0.05, 0) is 37.8 Å². The summed E-state index contributed by atoms with van der Waals surface area (Å²) >= 11 is 0. The van der Waals surface area contributed by atoms with Gasteiger partial charge < -0.3 is 16.6 Å². The van der Waals surface area contributed by atoms with Gasteiger partial charge in [0.15, 0.2) is 0 Å². The first-order valence-corrected chi connectivity index (χ1v) is 10.5. The fourth-order valence-electron chi connectivity index (χ4n) is 3.93. The molecule has 1 fully saturated rings. The Kier molecular flexibility index (Phi) is 5.52. The minimum absolute atomic E-state index is 0.234. The second kappa shape index (κ2) is 8.16. The number of hydrogen-bond donors (Lipinski definition) is 3. The third-order valence-electron chi connectivity index (χ3n) is 5.79. The van der Waals surface area contributed by atoms with E-state index in [1.54, 1.807) is 32.4 Å². The molecule has 1 aromatic carbocycles. The zero-order chi connectivity index (χ0) is 22.9. The number of carbonyl (C=O) groups excluding carboxylic acids is 1. The molecule has 32 heavy (non-hydrogen) atoms. The van der Waals surface area contributed by atoms with E-state index in [0.717, 1.165) is 36.0 Å². The molecular formula is C23H27N7O2. The van der Waals surface area contributed by atoms with E-state index in [1.165, 1.54) is 10.9 Å². The van der Waals surface area contributed by atoms with Gasteiger partial charge in [-0.1, -0.05) is 30.7 Å². The van der Waals surface area contributed by atoms with E-state index in [9.17, 15) is 9.90 Å². The molecule has 0 spiro atoms. The SMILES string of the molecule is CC(C)(O)Cn1cc(C(=O)N=C(N)C2(c3ccc(-c4cnc(N)nc4)cc3)CCC2)cn1. The lowest BCUT2D eigenvalue weighted by Crippen LogP contribution is -2.47. The summed E-state index contributed by atoms with van der Waals surface area (Å²) in [6.07, 6.45) is 9.07. The predicted octanol–water partition coefficient (Wildman–Crippen LogP) is 2.31. The molecule has 166 valence electrons. The van der Waals surface area contributed by atoms with Crippen LogP contribution in [0, 0.1) is 0 Å². The molecule has 0 unspecified atom stereocenters. The summed E-state index contributed by atoms with van der Waals surface area (Å²) in [5.41, 5.74) is 13.8. The van der Waals surface area contributed by atoms with Crippen molar-refractivity contribution in [1.29, 1.82) is 0 Å². The zero-order valence-electron chi connectivity index (χ0n) is 18.2. The van der Waals surface area contributed by atoms with Crippen molar-refractivity contribution in [3.05, 3.63) is 60.2 Å². The largest absolute Gasteiger partial charge is 0.389 e. The summed E-state index contributed by atoms with van der Waals surface area (Å²) in [6.45, 7) is 3.63. The number of benzene rings is 1. The monoisotopic (exact) mass is 433 g/mol. The Morgan fingerprint density at radius 1 is 1.16 bits per heavy atom. The number of nitrogen functional groups attached to an aromatic ring is 1. The van der Waals surface area contributed by atoms with Crippen LogP contribution in [0.4, 0.5) is 5.95 Å². The van der Waals surface area contributed by atoms with Crippen LogP contribution in [0.5, 0.6) is 0 Å². The second-order valence-electron chi connectivity index (χ2n) is 8.88. The van der Waals surface area contributed by atoms with Gasteiger partial charge in [0, 0.05) is 24.2 Å². The molecule has 5 N–H and O–H groups in total. The number of carbonyl (C=O) groups is 1. The molecule has 2 heterocycles. The number of amidine groups is 1. The van der Waals surface area contributed by atoms with Gasteiger partial charge in [0.2, 0.25) is 5.95 Å². The number of aliphatic hydroxyl groups is 1. The third-order valence-corrected chi connectivity index (χ3v) is 5.79. The fourth-order valence-corrected chi connectivity index (χ4v) is 3.93. The highest BCUT2D eigenvalue weighted by Crippen LogP contribution is 2.44. The maximum atomic E-state index is 12.7. The van der Waals surface area contributed by atoms with Gasteiger partial charge in [-0.25, -0.2) is 9.97 Å². The van der Waals surface area contributed by atoms with Crippen molar-refractivity contribution in [2.24, 2.45) is 10.7 Å². The lowest BCUT2D eigenvalue weighted by Gasteiger charge is -2.41. The first-order valence-electron chi connectivity index (χ1n) is 10.5. The summed E-state index contributed by atoms with van der Waals surface area (Å²) in [7, 11) is 0. The molecule has 9 nitrogen and oxygen atoms in total. The third kappa shape index (κ3) is 4.38. The van der Waals surface area contributed by atoms with Gasteiger partial charge in [-0.15, -0.1) is 0 Å². The number of amides is 1. The summed E-state index contributed by atoms with van der Waals surface area (Å²) in [4.78, 5) is 25.0. The number of aliphatic imine (C=N–C) groups is 1. The normalized spacial score (nSPS) is 15.9. The van der Waals surface area contributed by atoms with Crippen molar-refractivity contribution in [2.45, 2.75) is 50.7 Å². The molecule has 1 aliphatic carbocycles. The van der Waals surface area contributed by atoms with Crippen molar-refractivity contribution in [3.8, 4) is 11.1 Å². The molecule has 1 aliphatic rings. The smallest absolute Gasteiger partial charge is 0.281 e. The highest BCUT2D eigenvalue weighted by atomic mass is 16.3. The van der Waals surface area contributed by atoms with E-state index < -0.39 is 16.9 Å². The van der Waals surface area contributed by atoms with Crippen LogP contribution in [-0.4, -0.2) is 42.2 Å². The number of aromatic nitrogens is 4. The lowest BCUT2D eigenvalue weighted by atomic mass is 9.63. The lowest BCUT2D eigenvalue weighted by molar-refractivity contribution is 0.0576. The number of nitrogens with two attached hydrogens (primary N) is 2. The minimum atomic E-state index is -0.935. The van der Waals surface area contributed by atoms with Crippen LogP contribution in [0.15, 0.2) is 54.0 Å². The highest BCUT2D eigenvalue weighted by Gasteiger charge is 2.43. The standard InChI is InChI=1S/C23H27N7O2/c1-22(2,32)14-30-13-17(12-28-30)19(31)29-20(24)23(8-3-9-23)18-6-4-15(5-7-18)16-10-26-21(25)27-11-16/h4-7,10-13,32H,3,8-9,14H2,1-2H3,(H2,24,29,31)(H2,25,26,27). The Balaban J connectivity index is 1.55. The molecule has 0 radical (unpaired) electrons. The molecular weight excluding hydrogens is 406 g/mol. The summed E-state index contributed by atoms with van der Waals surface area (Å²) in [5, 5.41) is 14.1. The molecule has 0 aliphatic heterocycles. The number of hydrogen-bond acceptors (Lipinski definition) is 6. The van der Waals surface area contributed by atoms with Crippen molar-refractivity contribution in [1.82, 2.24) is 19.7 Å². The first-order chi connectivity index (χ1) is 15.2. The number of nitrogens with zero attached hydrogens (tertiary/aromatic N) is 5. The zero-order valence-corrected chi connectivity index (χ0v) is 18.2. The molecule has 0 bridgehead atoms. The van der Waals surface area contributed by atoms with Crippen LogP contribution < -0.4 is 11.5 Å². The van der Waals surface area contributed by atoms with Crippen molar-refractivity contribution >= 4 is 17.7 Å². The maximum Gasteiger partial charge on any atom is 0.281 e. The fraction of sp³-hybridized carbons (Fsp3) is 0.348. The van der Waals surface area contributed by atoms with Crippen LogP contribution in [0.2, 0.25) is 0 Å². The average molecular weight is 434 g/mol. The Bertz CT molecular complexity index is 1140. The van der Waals surface area contributed by atoms with E-state index in [4.69, 9.17) is 11.5 Å². The number of rotatable bonds is 6. The summed E-state index contributed by atoms with van der Waals surface area (Å²) in [6, 6.07) is 8.00. The van der Waals surface area contributed by atoms with Crippen molar-refractivity contribution < 1.29 is 9.90 Å². The van der Waals surface area contributed by atoms with E-state index in [0.29, 0.717) is 11.4 Å². The predicted molar refractivity (Wildman–Crippen MR) is 122 cm³/mol. The quantitative estimate of drug-likeness (QED) is 0.399. The van der Waals surface area contributed by atoms with Crippen LogP contribution >= 0.6 is 0 Å². The Labute approximate surface area is 186 Å². The summed E-state index contributed by atoms with van der Waals surface area (Å²) < 4.78 is 1.53. The first kappa shape index (κ1) is 21.6. The summed E-state index contributed by atoms with van der Waals surface area (Å²) in [5.74, 6) is 0.108. The molecule has 3 aromatic rings. The Hall–Kier alpha value is -3.59. The van der Waals surface area contributed by atoms with Gasteiger partial charge in [0.25, 0.3) is 5.91 Å². The Morgan fingerprint density at radius 2 is 1.81 bits per heavy atom.